The van der Waals surface area contributed by atoms with Crippen molar-refractivity contribution in [2.45, 2.75) is 25.9 Å². The first-order valence-electron chi connectivity index (χ1n) is 12.1. The molecule has 36 heavy (non-hydrogen) atoms. The number of hydrogen-bond acceptors (Lipinski definition) is 5. The Morgan fingerprint density at radius 2 is 1.78 bits per heavy atom. The summed E-state index contributed by atoms with van der Waals surface area (Å²) in [4.78, 5) is 44.3. The van der Waals surface area contributed by atoms with E-state index in [1.807, 2.05) is 37.3 Å². The van der Waals surface area contributed by atoms with Crippen LogP contribution in [0, 0.1) is 5.82 Å². The highest BCUT2D eigenvalue weighted by Crippen LogP contribution is 2.31. The van der Waals surface area contributed by atoms with Gasteiger partial charge in [0.05, 0.1) is 18.2 Å². The molecule has 2 aromatic carbocycles. The van der Waals surface area contributed by atoms with Crippen molar-refractivity contribution in [2.75, 3.05) is 39.8 Å². The molecule has 8 nitrogen and oxygen atoms in total. The van der Waals surface area contributed by atoms with Crippen LogP contribution >= 0.6 is 0 Å². The number of esters is 1. The molecule has 2 heterocycles. The average molecular weight is 495 g/mol. The first-order valence-corrected chi connectivity index (χ1v) is 12.1. The van der Waals surface area contributed by atoms with Crippen molar-refractivity contribution in [3.05, 3.63) is 82.8 Å². The van der Waals surface area contributed by atoms with E-state index in [0.29, 0.717) is 43.0 Å². The average Bonchev–Trinajstić information content (AvgIpc) is 2.87. The Balaban J connectivity index is 1.58. The predicted molar refractivity (Wildman–Crippen MR) is 132 cm³/mol. The topological polar surface area (TPSA) is 82.2 Å². The van der Waals surface area contributed by atoms with Crippen LogP contribution in [0.15, 0.2) is 65.9 Å². The van der Waals surface area contributed by atoms with Crippen molar-refractivity contribution >= 4 is 17.9 Å². The van der Waals surface area contributed by atoms with E-state index in [-0.39, 0.29) is 30.4 Å². The van der Waals surface area contributed by atoms with Crippen molar-refractivity contribution in [3.63, 3.8) is 0 Å². The third-order valence-electron chi connectivity index (χ3n) is 6.64. The van der Waals surface area contributed by atoms with E-state index in [9.17, 15) is 18.8 Å². The molecule has 190 valence electrons. The summed E-state index contributed by atoms with van der Waals surface area (Å²) in [5, 5.41) is 2.92. The summed E-state index contributed by atoms with van der Waals surface area (Å²) in [5.41, 5.74) is 2.22. The van der Waals surface area contributed by atoms with E-state index >= 15 is 0 Å². The second-order valence-corrected chi connectivity index (χ2v) is 9.02. The Hall–Kier alpha value is -3.72. The molecular weight excluding hydrogens is 463 g/mol. The number of amides is 3. The molecule has 9 heteroatoms. The fourth-order valence-corrected chi connectivity index (χ4v) is 4.74. The lowest BCUT2D eigenvalue weighted by Gasteiger charge is -2.42. The van der Waals surface area contributed by atoms with E-state index in [1.54, 1.807) is 18.9 Å². The molecule has 2 aliphatic rings. The van der Waals surface area contributed by atoms with Crippen LogP contribution < -0.4 is 5.32 Å². The van der Waals surface area contributed by atoms with E-state index in [1.165, 1.54) is 29.2 Å². The second-order valence-electron chi connectivity index (χ2n) is 9.02. The number of likely N-dealkylation sites (N-methyl/N-ethyl adjacent to an activating group) is 1. The fourth-order valence-electron chi connectivity index (χ4n) is 4.74. The Bertz CT molecular complexity index is 1150. The van der Waals surface area contributed by atoms with E-state index in [4.69, 9.17) is 4.74 Å². The summed E-state index contributed by atoms with van der Waals surface area (Å²) in [6.07, 6.45) is 0. The number of rotatable bonds is 6. The van der Waals surface area contributed by atoms with Gasteiger partial charge in [0, 0.05) is 50.5 Å². The van der Waals surface area contributed by atoms with Crippen molar-refractivity contribution < 1.29 is 23.5 Å². The lowest BCUT2D eigenvalue weighted by Crippen LogP contribution is -2.56. The summed E-state index contributed by atoms with van der Waals surface area (Å²) in [6, 6.07) is 13.9. The third kappa shape index (κ3) is 5.26. The van der Waals surface area contributed by atoms with Gasteiger partial charge in [-0.05, 0) is 43.7 Å². The van der Waals surface area contributed by atoms with E-state index in [0.717, 1.165) is 5.56 Å². The maximum absolute atomic E-state index is 13.3. The van der Waals surface area contributed by atoms with Gasteiger partial charge in [-0.25, -0.2) is 14.0 Å². The number of hydrogen-bond donors (Lipinski definition) is 1. The second kappa shape index (κ2) is 10.9. The van der Waals surface area contributed by atoms with Gasteiger partial charge in [-0.2, -0.15) is 0 Å². The van der Waals surface area contributed by atoms with Crippen LogP contribution in [-0.2, 0) is 9.53 Å². The fraction of sp³-hybridized carbons (Fsp3) is 0.370. The zero-order valence-corrected chi connectivity index (χ0v) is 20.7. The number of ether oxygens (including phenoxy) is 1. The minimum absolute atomic E-state index is 0.115. The molecule has 0 aliphatic carbocycles. The molecule has 0 radical (unpaired) electrons. The molecule has 1 fully saturated rings. The molecule has 0 saturated carbocycles. The first-order chi connectivity index (χ1) is 17.3. The number of carbonyl (C=O) groups is 3. The van der Waals surface area contributed by atoms with Gasteiger partial charge in [-0.3, -0.25) is 14.6 Å². The molecule has 0 unspecified atom stereocenters. The number of urea groups is 1. The van der Waals surface area contributed by atoms with Gasteiger partial charge in [0.1, 0.15) is 5.82 Å². The Morgan fingerprint density at radius 1 is 1.08 bits per heavy atom. The third-order valence-corrected chi connectivity index (χ3v) is 6.64. The van der Waals surface area contributed by atoms with Gasteiger partial charge in [0.15, 0.2) is 0 Å². The molecule has 4 rings (SSSR count). The van der Waals surface area contributed by atoms with E-state index in [2.05, 4.69) is 10.2 Å². The predicted octanol–water partition coefficient (Wildman–Crippen LogP) is 3.19. The zero-order valence-electron chi connectivity index (χ0n) is 20.7. The molecule has 3 amide bonds. The molecule has 2 aliphatic heterocycles. The number of halogens is 1. The molecular formula is C27H31FN4O4. The lowest BCUT2D eigenvalue weighted by atomic mass is 9.94. The van der Waals surface area contributed by atoms with Crippen LogP contribution in [0.5, 0.6) is 0 Å². The minimum Gasteiger partial charge on any atom is -0.463 e. The largest absolute Gasteiger partial charge is 0.463 e. The highest BCUT2D eigenvalue weighted by Gasteiger charge is 2.38. The summed E-state index contributed by atoms with van der Waals surface area (Å²) in [7, 11) is 1.64. The SMILES string of the molecule is CCOC(=O)C1=C(CN2CCN(C(=O)c3ccc(F)cc3)[C@H](C)C2)N(C)C(=O)N[C@H]1c1ccccc1. The molecule has 1 N–H and O–H groups in total. The highest BCUT2D eigenvalue weighted by atomic mass is 19.1. The van der Waals surface area contributed by atoms with Gasteiger partial charge in [0.25, 0.3) is 5.91 Å². The first kappa shape index (κ1) is 25.4. The zero-order chi connectivity index (χ0) is 25.8. The van der Waals surface area contributed by atoms with Crippen LogP contribution in [0.25, 0.3) is 0 Å². The lowest BCUT2D eigenvalue weighted by molar-refractivity contribution is -0.139. The normalized spacial score (nSPS) is 20.8. The van der Waals surface area contributed by atoms with Crippen molar-refractivity contribution in [2.24, 2.45) is 0 Å². The van der Waals surface area contributed by atoms with Crippen molar-refractivity contribution in [1.82, 2.24) is 20.0 Å². The number of benzene rings is 2. The summed E-state index contributed by atoms with van der Waals surface area (Å²) >= 11 is 0. The Morgan fingerprint density at radius 3 is 2.42 bits per heavy atom. The quantitative estimate of drug-likeness (QED) is 0.624. The number of carbonyl (C=O) groups excluding carboxylic acids is 3. The monoisotopic (exact) mass is 494 g/mol. The van der Waals surface area contributed by atoms with Gasteiger partial charge in [-0.15, -0.1) is 0 Å². The van der Waals surface area contributed by atoms with Crippen LogP contribution in [-0.4, -0.2) is 78.5 Å². The summed E-state index contributed by atoms with van der Waals surface area (Å²) in [6.45, 7) is 5.86. The van der Waals surface area contributed by atoms with Crippen LogP contribution in [0.2, 0.25) is 0 Å². The molecule has 0 spiro atoms. The van der Waals surface area contributed by atoms with Crippen LogP contribution in [0.1, 0.15) is 35.8 Å². The summed E-state index contributed by atoms with van der Waals surface area (Å²) in [5.74, 6) is -0.997. The van der Waals surface area contributed by atoms with Gasteiger partial charge >= 0.3 is 12.0 Å². The van der Waals surface area contributed by atoms with Crippen molar-refractivity contribution in [3.8, 4) is 0 Å². The molecule has 2 aromatic rings. The van der Waals surface area contributed by atoms with Gasteiger partial charge in [0.2, 0.25) is 0 Å². The maximum Gasteiger partial charge on any atom is 0.338 e. The van der Waals surface area contributed by atoms with E-state index < -0.39 is 12.0 Å². The standard InChI is InChI=1S/C27H31FN4O4/c1-4-36-26(34)23-22(30(3)27(35)29-24(23)19-8-6-5-7-9-19)17-31-14-15-32(18(2)16-31)25(33)20-10-12-21(28)13-11-20/h5-13,18,24H,4,14-17H2,1-3H3,(H,29,35)/t18-,24+/m1/s1. The molecule has 1 saturated heterocycles. The van der Waals surface area contributed by atoms with Crippen LogP contribution in [0.4, 0.5) is 9.18 Å². The van der Waals surface area contributed by atoms with Gasteiger partial charge in [-0.1, -0.05) is 30.3 Å². The minimum atomic E-state index is -0.622. The maximum atomic E-state index is 13.3. The Labute approximate surface area is 210 Å². The number of piperazine rings is 1. The summed E-state index contributed by atoms with van der Waals surface area (Å²) < 4.78 is 18.7. The molecule has 2 atom stereocenters. The molecule has 0 aromatic heterocycles. The number of nitrogens with zero attached hydrogens (tertiary/aromatic N) is 3. The highest BCUT2D eigenvalue weighted by molar-refractivity contribution is 5.95. The molecule has 0 bridgehead atoms. The van der Waals surface area contributed by atoms with Crippen molar-refractivity contribution in [1.29, 1.82) is 0 Å². The van der Waals surface area contributed by atoms with Crippen LogP contribution in [0.3, 0.4) is 0 Å². The smallest absolute Gasteiger partial charge is 0.338 e. The van der Waals surface area contributed by atoms with Gasteiger partial charge < -0.3 is 15.0 Å². The number of nitrogens with one attached hydrogen (secondary N) is 1. The Kier molecular flexibility index (Phi) is 7.69.